The normalized spacial score (nSPS) is 26.6. The van der Waals surface area contributed by atoms with Gasteiger partial charge in [0.15, 0.2) is 0 Å². The van der Waals surface area contributed by atoms with Crippen molar-refractivity contribution in [2.24, 2.45) is 0 Å². The summed E-state index contributed by atoms with van der Waals surface area (Å²) in [4.78, 5) is 10.8. The van der Waals surface area contributed by atoms with Crippen LogP contribution in [0.25, 0.3) is 0 Å². The van der Waals surface area contributed by atoms with Crippen molar-refractivity contribution in [1.29, 1.82) is 0 Å². The minimum Gasteiger partial charge on any atom is -0.390 e. The van der Waals surface area contributed by atoms with Crippen LogP contribution in [0.1, 0.15) is 26.2 Å². The third kappa shape index (κ3) is 3.04. The molecule has 1 unspecified atom stereocenters. The van der Waals surface area contributed by atoms with E-state index in [4.69, 9.17) is 0 Å². The maximum atomic E-state index is 9.99. The molecule has 1 aromatic rings. The zero-order valence-electron chi connectivity index (χ0n) is 9.36. The van der Waals surface area contributed by atoms with Crippen molar-refractivity contribution in [2.75, 3.05) is 18.0 Å². The molecule has 0 aromatic carbocycles. The highest BCUT2D eigenvalue weighted by Crippen LogP contribution is 2.23. The summed E-state index contributed by atoms with van der Waals surface area (Å²) in [6.07, 6.45) is 6.27. The third-order valence-corrected chi connectivity index (χ3v) is 3.51. The van der Waals surface area contributed by atoms with Crippen molar-refractivity contribution in [3.8, 4) is 0 Å². The van der Waals surface area contributed by atoms with Gasteiger partial charge in [-0.05, 0) is 48.8 Å². The van der Waals surface area contributed by atoms with Crippen molar-refractivity contribution in [1.82, 2.24) is 9.97 Å². The molecule has 0 bridgehead atoms. The summed E-state index contributed by atoms with van der Waals surface area (Å²) in [5, 5.41) is 9.99. The largest absolute Gasteiger partial charge is 0.390 e. The zero-order chi connectivity index (χ0) is 11.6. The second-order valence-corrected chi connectivity index (χ2v) is 5.78. The van der Waals surface area contributed by atoms with Gasteiger partial charge in [0, 0.05) is 29.1 Å². The number of hydrogen-bond donors (Lipinski definition) is 1. The van der Waals surface area contributed by atoms with E-state index in [-0.39, 0.29) is 0 Å². The predicted octanol–water partition coefficient (Wildman–Crippen LogP) is 1.82. The van der Waals surface area contributed by atoms with Crippen LogP contribution in [-0.2, 0) is 0 Å². The summed E-state index contributed by atoms with van der Waals surface area (Å²) in [5.74, 6) is 0.776. The van der Waals surface area contributed by atoms with Gasteiger partial charge in [0.2, 0.25) is 5.95 Å². The lowest BCUT2D eigenvalue weighted by Gasteiger charge is -2.22. The molecule has 0 radical (unpaired) electrons. The molecule has 1 aliphatic rings. The van der Waals surface area contributed by atoms with Crippen LogP contribution in [0.3, 0.4) is 0 Å². The number of halogens is 1. The Hall–Kier alpha value is -0.430. The molecule has 88 valence electrons. The fourth-order valence-corrected chi connectivity index (χ4v) is 2.21. The first-order valence-corrected chi connectivity index (χ1v) is 6.60. The van der Waals surface area contributed by atoms with E-state index in [0.717, 1.165) is 41.9 Å². The van der Waals surface area contributed by atoms with Crippen LogP contribution < -0.4 is 4.90 Å². The third-order valence-electron chi connectivity index (χ3n) is 2.95. The molecule has 0 spiro atoms. The fraction of sp³-hybridized carbons (Fsp3) is 0.636. The Labute approximate surface area is 109 Å². The molecule has 0 amide bonds. The van der Waals surface area contributed by atoms with E-state index in [1.165, 1.54) is 0 Å². The van der Waals surface area contributed by atoms with Gasteiger partial charge in [-0.2, -0.15) is 0 Å². The number of nitrogens with zero attached hydrogens (tertiary/aromatic N) is 3. The van der Waals surface area contributed by atoms with Crippen molar-refractivity contribution < 1.29 is 5.11 Å². The van der Waals surface area contributed by atoms with Gasteiger partial charge in [0.05, 0.1) is 5.60 Å². The van der Waals surface area contributed by atoms with Gasteiger partial charge in [-0.3, -0.25) is 0 Å². The highest BCUT2D eigenvalue weighted by Gasteiger charge is 2.25. The number of anilines is 1. The Morgan fingerprint density at radius 1 is 1.31 bits per heavy atom. The Kier molecular flexibility index (Phi) is 3.63. The quantitative estimate of drug-likeness (QED) is 0.797. The van der Waals surface area contributed by atoms with Crippen molar-refractivity contribution in [3.05, 3.63) is 16.0 Å². The van der Waals surface area contributed by atoms with Crippen LogP contribution in [0.4, 0.5) is 5.95 Å². The first-order valence-electron chi connectivity index (χ1n) is 5.52. The number of aliphatic hydroxyl groups is 1. The minimum absolute atomic E-state index is 0.530. The summed E-state index contributed by atoms with van der Waals surface area (Å²) < 4.78 is 1.04. The van der Waals surface area contributed by atoms with E-state index in [1.807, 2.05) is 19.3 Å². The zero-order valence-corrected chi connectivity index (χ0v) is 11.5. The van der Waals surface area contributed by atoms with Crippen LogP contribution in [0.5, 0.6) is 0 Å². The van der Waals surface area contributed by atoms with Gasteiger partial charge in [-0.15, -0.1) is 0 Å². The molecule has 2 rings (SSSR count). The lowest BCUT2D eigenvalue weighted by Crippen LogP contribution is -2.29. The summed E-state index contributed by atoms with van der Waals surface area (Å²) in [6, 6.07) is 0. The summed E-state index contributed by atoms with van der Waals surface area (Å²) in [6.45, 7) is 3.66. The number of hydrogen-bond acceptors (Lipinski definition) is 4. The van der Waals surface area contributed by atoms with Crippen molar-refractivity contribution in [2.45, 2.75) is 31.8 Å². The lowest BCUT2D eigenvalue weighted by atomic mass is 9.98. The van der Waals surface area contributed by atoms with Crippen LogP contribution in [0, 0.1) is 3.57 Å². The Bertz CT molecular complexity index is 353. The monoisotopic (exact) mass is 333 g/mol. The van der Waals surface area contributed by atoms with Crippen LogP contribution in [0.2, 0.25) is 0 Å². The molecule has 1 N–H and O–H groups in total. The summed E-state index contributed by atoms with van der Waals surface area (Å²) >= 11 is 2.20. The van der Waals surface area contributed by atoms with Crippen LogP contribution in [0.15, 0.2) is 12.4 Å². The maximum absolute atomic E-state index is 9.99. The molecule has 1 atom stereocenters. The highest BCUT2D eigenvalue weighted by molar-refractivity contribution is 14.1. The molecule has 2 heterocycles. The molecule has 4 nitrogen and oxygen atoms in total. The maximum Gasteiger partial charge on any atom is 0.225 e. The van der Waals surface area contributed by atoms with E-state index in [9.17, 15) is 5.11 Å². The fourth-order valence-electron chi connectivity index (χ4n) is 1.93. The van der Waals surface area contributed by atoms with E-state index in [0.29, 0.717) is 0 Å². The Balaban J connectivity index is 2.08. The minimum atomic E-state index is -0.530. The lowest BCUT2D eigenvalue weighted by molar-refractivity contribution is 0.0481. The highest BCUT2D eigenvalue weighted by atomic mass is 127. The molecule has 0 saturated carbocycles. The Morgan fingerprint density at radius 3 is 2.69 bits per heavy atom. The predicted molar refractivity (Wildman–Crippen MR) is 71.4 cm³/mol. The second-order valence-electron chi connectivity index (χ2n) is 4.54. The number of rotatable bonds is 1. The molecule has 1 aromatic heterocycles. The molecule has 1 aliphatic heterocycles. The van der Waals surface area contributed by atoms with E-state index >= 15 is 0 Å². The standard InChI is InChI=1S/C11H16IN3O/c1-11(16)3-2-5-15(6-4-11)10-13-7-9(12)8-14-10/h7-8,16H,2-6H2,1H3. The van der Waals surface area contributed by atoms with Crippen LogP contribution >= 0.6 is 22.6 Å². The van der Waals surface area contributed by atoms with Gasteiger partial charge < -0.3 is 10.0 Å². The molecule has 0 aliphatic carbocycles. The van der Waals surface area contributed by atoms with Gasteiger partial charge in [-0.25, -0.2) is 9.97 Å². The van der Waals surface area contributed by atoms with Gasteiger partial charge in [0.25, 0.3) is 0 Å². The van der Waals surface area contributed by atoms with Crippen molar-refractivity contribution in [3.63, 3.8) is 0 Å². The average Bonchev–Trinajstić information content (AvgIpc) is 2.41. The molecule has 1 fully saturated rings. The summed E-state index contributed by atoms with van der Waals surface area (Å²) in [7, 11) is 0. The van der Waals surface area contributed by atoms with E-state index < -0.39 is 5.60 Å². The topological polar surface area (TPSA) is 49.2 Å². The second kappa shape index (κ2) is 4.83. The van der Waals surface area contributed by atoms with Gasteiger partial charge in [0.1, 0.15) is 0 Å². The molecular weight excluding hydrogens is 317 g/mol. The average molecular weight is 333 g/mol. The van der Waals surface area contributed by atoms with Crippen LogP contribution in [-0.4, -0.2) is 33.8 Å². The van der Waals surface area contributed by atoms with E-state index in [2.05, 4.69) is 37.5 Å². The number of aromatic nitrogens is 2. The SMILES string of the molecule is CC1(O)CCCN(c2ncc(I)cn2)CC1. The van der Waals surface area contributed by atoms with E-state index in [1.54, 1.807) is 0 Å². The first-order chi connectivity index (χ1) is 7.57. The van der Waals surface area contributed by atoms with Gasteiger partial charge in [-0.1, -0.05) is 0 Å². The van der Waals surface area contributed by atoms with Gasteiger partial charge >= 0.3 is 0 Å². The molecule has 5 heteroatoms. The first kappa shape index (κ1) is 12.0. The molecular formula is C11H16IN3O. The molecule has 1 saturated heterocycles. The van der Waals surface area contributed by atoms with Crippen molar-refractivity contribution >= 4 is 28.5 Å². The smallest absolute Gasteiger partial charge is 0.225 e. The summed E-state index contributed by atoms with van der Waals surface area (Å²) in [5.41, 5.74) is -0.530. The Morgan fingerprint density at radius 2 is 2.00 bits per heavy atom. The molecule has 16 heavy (non-hydrogen) atoms.